The lowest BCUT2D eigenvalue weighted by Crippen LogP contribution is -2.27. The molecule has 0 radical (unpaired) electrons. The molecular weight excluding hydrogens is 238 g/mol. The molecule has 0 aromatic heterocycles. The van der Waals surface area contributed by atoms with E-state index in [-0.39, 0.29) is 24.4 Å². The fourth-order valence-corrected chi connectivity index (χ4v) is 1.92. The van der Waals surface area contributed by atoms with Crippen LogP contribution in [0.15, 0.2) is 24.3 Å². The van der Waals surface area contributed by atoms with Crippen molar-refractivity contribution >= 4 is 29.7 Å². The van der Waals surface area contributed by atoms with Gasteiger partial charge in [-0.25, -0.2) is 0 Å². The maximum absolute atomic E-state index is 11.6. The third-order valence-electron chi connectivity index (χ3n) is 2.83. The van der Waals surface area contributed by atoms with Crippen LogP contribution in [0.2, 0.25) is 0 Å². The lowest BCUT2D eigenvalue weighted by Gasteiger charge is -2.18. The van der Waals surface area contributed by atoms with Gasteiger partial charge < -0.3 is 15.5 Å². The van der Waals surface area contributed by atoms with Gasteiger partial charge in [0.1, 0.15) is 0 Å². The summed E-state index contributed by atoms with van der Waals surface area (Å²) in [5.74, 6) is 0.116. The first-order chi connectivity index (χ1) is 7.58. The summed E-state index contributed by atoms with van der Waals surface area (Å²) in [6.45, 7) is 0.625. The van der Waals surface area contributed by atoms with E-state index in [1.54, 1.807) is 4.90 Å². The van der Waals surface area contributed by atoms with Gasteiger partial charge in [-0.15, -0.1) is 12.4 Å². The smallest absolute Gasteiger partial charge is 0.228 e. The van der Waals surface area contributed by atoms with E-state index in [1.807, 2.05) is 43.3 Å². The Balaban J connectivity index is 0.00000144. The maximum Gasteiger partial charge on any atom is 0.228 e. The number of anilines is 2. The van der Waals surface area contributed by atoms with Crippen LogP contribution in [-0.4, -0.2) is 32.6 Å². The second-order valence-corrected chi connectivity index (χ2v) is 4.38. The Morgan fingerprint density at radius 2 is 1.88 bits per heavy atom. The minimum absolute atomic E-state index is 0. The molecule has 0 spiro atoms. The van der Waals surface area contributed by atoms with E-state index in [1.165, 1.54) is 0 Å². The highest BCUT2D eigenvalue weighted by molar-refractivity contribution is 5.96. The summed E-state index contributed by atoms with van der Waals surface area (Å²) >= 11 is 0. The van der Waals surface area contributed by atoms with Crippen LogP contribution < -0.4 is 15.5 Å². The van der Waals surface area contributed by atoms with E-state index in [2.05, 4.69) is 0 Å². The molecule has 5 heteroatoms. The van der Waals surface area contributed by atoms with Gasteiger partial charge in [-0.05, 0) is 24.3 Å². The van der Waals surface area contributed by atoms with Crippen molar-refractivity contribution in [2.45, 2.75) is 12.5 Å². The fraction of sp³-hybridized carbons (Fsp3) is 0.417. The van der Waals surface area contributed by atoms with Crippen molar-refractivity contribution in [2.24, 2.45) is 5.73 Å². The van der Waals surface area contributed by atoms with Crippen molar-refractivity contribution in [3.05, 3.63) is 24.3 Å². The number of benzene rings is 1. The van der Waals surface area contributed by atoms with E-state index >= 15 is 0 Å². The summed E-state index contributed by atoms with van der Waals surface area (Å²) in [5.41, 5.74) is 7.82. The standard InChI is InChI=1S/C12H17N3O.ClH/c1-14(2)10-3-5-11(6-4-10)15-8-9(13)7-12(15)16;/h3-6,9H,7-8,13H2,1-2H3;1H. The molecule has 2 N–H and O–H groups in total. The third kappa shape index (κ3) is 2.90. The number of amides is 1. The highest BCUT2D eigenvalue weighted by Gasteiger charge is 2.27. The van der Waals surface area contributed by atoms with E-state index < -0.39 is 0 Å². The predicted octanol–water partition coefficient (Wildman–Crippen LogP) is 1.24. The first-order valence-corrected chi connectivity index (χ1v) is 5.41. The molecule has 1 aromatic carbocycles. The molecule has 1 unspecified atom stereocenters. The Morgan fingerprint density at radius 3 is 2.29 bits per heavy atom. The average molecular weight is 256 g/mol. The number of carbonyl (C=O) groups excluding carboxylic acids is 1. The van der Waals surface area contributed by atoms with Crippen molar-refractivity contribution in [2.75, 3.05) is 30.4 Å². The summed E-state index contributed by atoms with van der Waals surface area (Å²) in [6, 6.07) is 7.91. The van der Waals surface area contributed by atoms with Gasteiger partial charge in [-0.2, -0.15) is 0 Å². The van der Waals surface area contributed by atoms with Crippen molar-refractivity contribution in [1.29, 1.82) is 0 Å². The van der Waals surface area contributed by atoms with Crippen molar-refractivity contribution < 1.29 is 4.79 Å². The van der Waals surface area contributed by atoms with E-state index in [4.69, 9.17) is 5.73 Å². The molecule has 1 aliphatic heterocycles. The van der Waals surface area contributed by atoms with E-state index in [0.29, 0.717) is 13.0 Å². The van der Waals surface area contributed by atoms with Gasteiger partial charge in [0.15, 0.2) is 0 Å². The molecular formula is C12H18ClN3O. The number of nitrogens with zero attached hydrogens (tertiary/aromatic N) is 2. The van der Waals surface area contributed by atoms with Gasteiger partial charge in [-0.3, -0.25) is 4.79 Å². The molecule has 0 aliphatic carbocycles. The molecule has 2 rings (SSSR count). The molecule has 94 valence electrons. The van der Waals surface area contributed by atoms with E-state index in [0.717, 1.165) is 11.4 Å². The number of nitrogens with two attached hydrogens (primary N) is 1. The highest BCUT2D eigenvalue weighted by atomic mass is 35.5. The number of hydrogen-bond donors (Lipinski definition) is 1. The second kappa shape index (κ2) is 5.38. The minimum Gasteiger partial charge on any atom is -0.378 e. The average Bonchev–Trinajstić information content (AvgIpc) is 2.58. The van der Waals surface area contributed by atoms with Crippen molar-refractivity contribution in [3.8, 4) is 0 Å². The van der Waals surface area contributed by atoms with Gasteiger partial charge in [-0.1, -0.05) is 0 Å². The zero-order chi connectivity index (χ0) is 11.7. The topological polar surface area (TPSA) is 49.6 Å². The molecule has 1 atom stereocenters. The quantitative estimate of drug-likeness (QED) is 0.865. The van der Waals surface area contributed by atoms with Crippen LogP contribution >= 0.6 is 12.4 Å². The van der Waals surface area contributed by atoms with Crippen LogP contribution in [0.4, 0.5) is 11.4 Å². The first-order valence-electron chi connectivity index (χ1n) is 5.41. The molecule has 17 heavy (non-hydrogen) atoms. The summed E-state index contributed by atoms with van der Waals surface area (Å²) < 4.78 is 0. The normalized spacial score (nSPS) is 19.1. The molecule has 1 saturated heterocycles. The summed E-state index contributed by atoms with van der Waals surface area (Å²) in [5, 5.41) is 0. The van der Waals surface area contributed by atoms with Crippen molar-refractivity contribution in [1.82, 2.24) is 0 Å². The third-order valence-corrected chi connectivity index (χ3v) is 2.83. The maximum atomic E-state index is 11.6. The van der Waals surface area contributed by atoms with Crippen LogP contribution in [-0.2, 0) is 4.79 Å². The Labute approximate surface area is 108 Å². The zero-order valence-electron chi connectivity index (χ0n) is 10.1. The minimum atomic E-state index is -0.0268. The van der Waals surface area contributed by atoms with Gasteiger partial charge >= 0.3 is 0 Å². The SMILES string of the molecule is CN(C)c1ccc(N2CC(N)CC2=O)cc1.Cl. The number of hydrogen-bond acceptors (Lipinski definition) is 3. The molecule has 1 fully saturated rings. The van der Waals surface area contributed by atoms with E-state index in [9.17, 15) is 4.79 Å². The molecule has 1 aromatic rings. The highest BCUT2D eigenvalue weighted by Crippen LogP contribution is 2.23. The Bertz CT molecular complexity index is 391. The number of carbonyl (C=O) groups is 1. The summed E-state index contributed by atoms with van der Waals surface area (Å²) in [7, 11) is 3.98. The van der Waals surface area contributed by atoms with Gasteiger partial charge in [0, 0.05) is 44.5 Å². The van der Waals surface area contributed by atoms with Crippen LogP contribution in [0.5, 0.6) is 0 Å². The van der Waals surface area contributed by atoms with Crippen LogP contribution in [0.25, 0.3) is 0 Å². The molecule has 4 nitrogen and oxygen atoms in total. The first kappa shape index (κ1) is 13.8. The molecule has 0 bridgehead atoms. The molecule has 1 aliphatic rings. The lowest BCUT2D eigenvalue weighted by molar-refractivity contribution is -0.117. The second-order valence-electron chi connectivity index (χ2n) is 4.38. The number of rotatable bonds is 2. The molecule has 0 saturated carbocycles. The Morgan fingerprint density at radius 1 is 1.29 bits per heavy atom. The molecule has 1 amide bonds. The Kier molecular flexibility index (Phi) is 4.37. The summed E-state index contributed by atoms with van der Waals surface area (Å²) in [4.78, 5) is 15.4. The fourth-order valence-electron chi connectivity index (χ4n) is 1.92. The van der Waals surface area contributed by atoms with Gasteiger partial charge in [0.25, 0.3) is 0 Å². The van der Waals surface area contributed by atoms with Crippen LogP contribution in [0.3, 0.4) is 0 Å². The monoisotopic (exact) mass is 255 g/mol. The van der Waals surface area contributed by atoms with Gasteiger partial charge in [0.05, 0.1) is 0 Å². The lowest BCUT2D eigenvalue weighted by atomic mass is 10.2. The van der Waals surface area contributed by atoms with Crippen LogP contribution in [0.1, 0.15) is 6.42 Å². The predicted molar refractivity (Wildman–Crippen MR) is 73.0 cm³/mol. The zero-order valence-corrected chi connectivity index (χ0v) is 10.9. The summed E-state index contributed by atoms with van der Waals surface area (Å²) in [6.07, 6.45) is 0.454. The largest absolute Gasteiger partial charge is 0.378 e. The van der Waals surface area contributed by atoms with Crippen LogP contribution in [0, 0.1) is 0 Å². The molecule has 1 heterocycles. The number of halogens is 1. The van der Waals surface area contributed by atoms with Crippen molar-refractivity contribution in [3.63, 3.8) is 0 Å². The van der Waals surface area contributed by atoms with Gasteiger partial charge in [0.2, 0.25) is 5.91 Å². The Hall–Kier alpha value is -1.26.